The second-order valence-electron chi connectivity index (χ2n) is 10.6. The molecule has 218 valence electrons. The van der Waals surface area contributed by atoms with Gasteiger partial charge in [0.1, 0.15) is 17.7 Å². The molecule has 3 atom stereocenters. The summed E-state index contributed by atoms with van der Waals surface area (Å²) in [6, 6.07) is 9.56. The maximum atomic E-state index is 13.6. The number of nitrogens with one attached hydrogen (secondary N) is 2. The SMILES string of the molecule is C[C@@H]1CN([C@@H](C)CO)C(=O)c2cc(NC(=O)CCCN(C)C)ccc2O[C@H]1CN(C)C(=O)Nc1ccc(F)cc1. The van der Waals surface area contributed by atoms with Crippen LogP contribution in [0.1, 0.15) is 37.0 Å². The van der Waals surface area contributed by atoms with Crippen molar-refractivity contribution in [2.24, 2.45) is 5.92 Å². The van der Waals surface area contributed by atoms with Crippen LogP contribution in [0.4, 0.5) is 20.6 Å². The molecule has 11 heteroatoms. The average molecular weight is 558 g/mol. The summed E-state index contributed by atoms with van der Waals surface area (Å²) >= 11 is 0. The Hall–Kier alpha value is -3.70. The zero-order chi connectivity index (χ0) is 29.4. The zero-order valence-corrected chi connectivity index (χ0v) is 23.8. The highest BCUT2D eigenvalue weighted by atomic mass is 19.1. The Morgan fingerprint density at radius 2 is 1.80 bits per heavy atom. The molecule has 0 saturated heterocycles. The number of aliphatic hydroxyl groups is 1. The molecule has 3 rings (SSSR count). The van der Waals surface area contributed by atoms with Gasteiger partial charge in [-0.05, 0) is 76.4 Å². The van der Waals surface area contributed by atoms with Gasteiger partial charge in [-0.15, -0.1) is 0 Å². The maximum absolute atomic E-state index is 13.6. The topological polar surface area (TPSA) is 114 Å². The van der Waals surface area contributed by atoms with E-state index < -0.39 is 24.0 Å². The number of hydrogen-bond acceptors (Lipinski definition) is 6. The lowest BCUT2D eigenvalue weighted by molar-refractivity contribution is -0.116. The number of rotatable bonds is 10. The van der Waals surface area contributed by atoms with Crippen molar-refractivity contribution in [3.8, 4) is 5.75 Å². The van der Waals surface area contributed by atoms with Gasteiger partial charge >= 0.3 is 6.03 Å². The molecule has 0 aliphatic carbocycles. The fraction of sp³-hybridized carbons (Fsp3) is 0.483. The van der Waals surface area contributed by atoms with E-state index in [9.17, 15) is 23.9 Å². The van der Waals surface area contributed by atoms with Gasteiger partial charge in [-0.1, -0.05) is 6.92 Å². The van der Waals surface area contributed by atoms with Crippen LogP contribution in [-0.4, -0.2) is 97.2 Å². The van der Waals surface area contributed by atoms with Gasteiger partial charge in [0.15, 0.2) is 0 Å². The van der Waals surface area contributed by atoms with Gasteiger partial charge in [-0.25, -0.2) is 9.18 Å². The van der Waals surface area contributed by atoms with Crippen LogP contribution < -0.4 is 15.4 Å². The summed E-state index contributed by atoms with van der Waals surface area (Å²) in [5.41, 5.74) is 1.20. The smallest absolute Gasteiger partial charge is 0.321 e. The molecule has 1 aliphatic heterocycles. The minimum Gasteiger partial charge on any atom is -0.487 e. The molecule has 0 saturated carbocycles. The molecular formula is C29H40FN5O5. The predicted octanol–water partition coefficient (Wildman–Crippen LogP) is 3.49. The van der Waals surface area contributed by atoms with Crippen LogP contribution in [0.3, 0.4) is 0 Å². The number of anilines is 2. The van der Waals surface area contributed by atoms with Gasteiger partial charge < -0.3 is 35.2 Å². The third-order valence-corrected chi connectivity index (χ3v) is 6.85. The van der Waals surface area contributed by atoms with E-state index >= 15 is 0 Å². The summed E-state index contributed by atoms with van der Waals surface area (Å²) in [5, 5.41) is 15.5. The number of urea groups is 1. The number of aliphatic hydroxyl groups excluding tert-OH is 1. The molecule has 0 bridgehead atoms. The summed E-state index contributed by atoms with van der Waals surface area (Å²) < 4.78 is 19.5. The van der Waals surface area contributed by atoms with Crippen LogP contribution in [-0.2, 0) is 4.79 Å². The molecule has 2 aromatic rings. The van der Waals surface area contributed by atoms with E-state index in [1.807, 2.05) is 25.9 Å². The molecule has 0 radical (unpaired) electrons. The molecule has 4 amide bonds. The minimum absolute atomic E-state index is 0.151. The third kappa shape index (κ3) is 8.40. The summed E-state index contributed by atoms with van der Waals surface area (Å²) in [4.78, 5) is 44.0. The van der Waals surface area contributed by atoms with Gasteiger partial charge in [0.2, 0.25) is 5.91 Å². The molecule has 10 nitrogen and oxygen atoms in total. The Labute approximate surface area is 235 Å². The van der Waals surface area contributed by atoms with Crippen molar-refractivity contribution in [3.05, 3.63) is 53.8 Å². The van der Waals surface area contributed by atoms with Crippen LogP contribution in [0.5, 0.6) is 5.75 Å². The average Bonchev–Trinajstić information content (AvgIpc) is 2.91. The first-order valence-corrected chi connectivity index (χ1v) is 13.4. The largest absolute Gasteiger partial charge is 0.487 e. The number of fused-ring (bicyclic) bond motifs is 1. The van der Waals surface area contributed by atoms with Gasteiger partial charge in [0.25, 0.3) is 5.91 Å². The van der Waals surface area contributed by atoms with Crippen molar-refractivity contribution in [2.45, 2.75) is 38.8 Å². The molecular weight excluding hydrogens is 517 g/mol. The molecule has 40 heavy (non-hydrogen) atoms. The molecule has 0 aromatic heterocycles. The van der Waals surface area contributed by atoms with Crippen LogP contribution >= 0.6 is 0 Å². The number of carbonyl (C=O) groups excluding carboxylic acids is 3. The maximum Gasteiger partial charge on any atom is 0.321 e. The number of amides is 4. The highest BCUT2D eigenvalue weighted by Crippen LogP contribution is 2.31. The van der Waals surface area contributed by atoms with E-state index in [2.05, 4.69) is 10.6 Å². The monoisotopic (exact) mass is 557 g/mol. The molecule has 1 heterocycles. The first-order valence-electron chi connectivity index (χ1n) is 13.4. The summed E-state index contributed by atoms with van der Waals surface area (Å²) in [6.07, 6.45) is 0.560. The Balaban J connectivity index is 1.81. The van der Waals surface area contributed by atoms with Crippen molar-refractivity contribution in [2.75, 3.05) is 58.0 Å². The van der Waals surface area contributed by atoms with E-state index in [1.54, 1.807) is 37.1 Å². The molecule has 2 aromatic carbocycles. The number of halogens is 1. The highest BCUT2D eigenvalue weighted by Gasteiger charge is 2.34. The van der Waals surface area contributed by atoms with Crippen molar-refractivity contribution < 1.29 is 28.6 Å². The molecule has 1 aliphatic rings. The summed E-state index contributed by atoms with van der Waals surface area (Å²) in [7, 11) is 5.52. The van der Waals surface area contributed by atoms with E-state index in [0.29, 0.717) is 36.5 Å². The van der Waals surface area contributed by atoms with Gasteiger partial charge in [0, 0.05) is 37.3 Å². The molecule has 0 spiro atoms. The van der Waals surface area contributed by atoms with Gasteiger partial charge in [-0.2, -0.15) is 0 Å². The van der Waals surface area contributed by atoms with Gasteiger partial charge in [0.05, 0.1) is 24.8 Å². The Morgan fingerprint density at radius 3 is 2.45 bits per heavy atom. The lowest BCUT2D eigenvalue weighted by Crippen LogP contribution is -2.50. The van der Waals surface area contributed by atoms with E-state index in [-0.39, 0.29) is 36.4 Å². The van der Waals surface area contributed by atoms with Crippen molar-refractivity contribution in [3.63, 3.8) is 0 Å². The number of hydrogen-bond donors (Lipinski definition) is 3. The number of ether oxygens (including phenoxy) is 1. The quantitative estimate of drug-likeness (QED) is 0.412. The zero-order valence-electron chi connectivity index (χ0n) is 23.8. The van der Waals surface area contributed by atoms with Crippen LogP contribution in [0.25, 0.3) is 0 Å². The molecule has 3 N–H and O–H groups in total. The predicted molar refractivity (Wildman–Crippen MR) is 152 cm³/mol. The van der Waals surface area contributed by atoms with Crippen molar-refractivity contribution in [1.29, 1.82) is 0 Å². The number of nitrogens with zero attached hydrogens (tertiary/aromatic N) is 3. The summed E-state index contributed by atoms with van der Waals surface area (Å²) in [6.45, 7) is 4.75. The molecule has 0 unspecified atom stereocenters. The van der Waals surface area contributed by atoms with Gasteiger partial charge in [-0.3, -0.25) is 9.59 Å². The normalized spacial score (nSPS) is 17.8. The van der Waals surface area contributed by atoms with Crippen LogP contribution in [0.15, 0.2) is 42.5 Å². The number of carbonyl (C=O) groups is 3. The fourth-order valence-electron chi connectivity index (χ4n) is 4.40. The number of benzene rings is 2. The standard InChI is InChI=1S/C29H40FN5O5/c1-19-16-35(20(2)18-36)28(38)24-15-23(31-27(37)7-6-14-33(3)4)12-13-25(24)40-26(19)17-34(5)29(39)32-22-10-8-21(30)9-11-22/h8-13,15,19-20,26,36H,6-7,14,16-18H2,1-5H3,(H,31,37)(H,32,39)/t19-,20+,26+/m1/s1. The van der Waals surface area contributed by atoms with E-state index in [1.165, 1.54) is 29.2 Å². The lowest BCUT2D eigenvalue weighted by Gasteiger charge is -2.38. The van der Waals surface area contributed by atoms with E-state index in [0.717, 1.165) is 6.54 Å². The first-order chi connectivity index (χ1) is 19.0. The third-order valence-electron chi connectivity index (χ3n) is 6.85. The Kier molecular flexibility index (Phi) is 10.9. The van der Waals surface area contributed by atoms with Crippen molar-refractivity contribution in [1.82, 2.24) is 14.7 Å². The lowest BCUT2D eigenvalue weighted by atomic mass is 9.99. The van der Waals surface area contributed by atoms with E-state index in [4.69, 9.17) is 4.74 Å². The van der Waals surface area contributed by atoms with Crippen LogP contribution in [0, 0.1) is 11.7 Å². The second kappa shape index (κ2) is 14.1. The van der Waals surface area contributed by atoms with Crippen LogP contribution in [0.2, 0.25) is 0 Å². The van der Waals surface area contributed by atoms with Crippen molar-refractivity contribution >= 4 is 29.2 Å². The highest BCUT2D eigenvalue weighted by molar-refractivity contribution is 6.00. The first kappa shape index (κ1) is 30.8. The fourth-order valence-corrected chi connectivity index (χ4v) is 4.40. The summed E-state index contributed by atoms with van der Waals surface area (Å²) in [5.74, 6) is -0.724. The second-order valence-corrected chi connectivity index (χ2v) is 10.6. The minimum atomic E-state index is -0.490. The number of likely N-dealkylation sites (N-methyl/N-ethyl adjacent to an activating group) is 1. The molecule has 0 fully saturated rings. The Bertz CT molecular complexity index is 1180. The Morgan fingerprint density at radius 1 is 1.12 bits per heavy atom.